The molecular formula is C15H9BrINO. The average molecular weight is 426 g/mol. The van der Waals surface area contributed by atoms with Gasteiger partial charge in [-0.25, -0.2) is 0 Å². The fourth-order valence-corrected chi connectivity index (χ4v) is 3.18. The molecule has 4 heteroatoms. The molecule has 3 rings (SSSR count). The molecule has 0 aliphatic carbocycles. The molecule has 2 nitrogen and oxygen atoms in total. The smallest absolute Gasteiger partial charge is 0.263 e. The Balaban J connectivity index is 2.18. The summed E-state index contributed by atoms with van der Waals surface area (Å²) in [4.78, 5) is 12.6. The summed E-state index contributed by atoms with van der Waals surface area (Å²) in [6.07, 6.45) is 1.82. The van der Waals surface area contributed by atoms with Crippen LogP contribution in [0, 0.1) is 3.57 Å². The third kappa shape index (κ3) is 2.23. The molecule has 0 spiro atoms. The Morgan fingerprint density at radius 1 is 1.05 bits per heavy atom. The molecule has 0 radical (unpaired) electrons. The maximum atomic E-state index is 12.6. The zero-order valence-corrected chi connectivity index (χ0v) is 13.6. The van der Waals surface area contributed by atoms with E-state index >= 15 is 0 Å². The minimum atomic E-state index is -0.00176. The van der Waals surface area contributed by atoms with Gasteiger partial charge in [-0.15, -0.1) is 0 Å². The van der Waals surface area contributed by atoms with E-state index < -0.39 is 0 Å². The number of aromatic nitrogens is 1. The van der Waals surface area contributed by atoms with E-state index in [-0.39, 0.29) is 5.91 Å². The Bertz CT molecular complexity index is 779. The minimum Gasteiger partial charge on any atom is -0.283 e. The van der Waals surface area contributed by atoms with E-state index in [1.807, 2.05) is 54.7 Å². The predicted octanol–water partition coefficient (Wildman–Crippen LogP) is 4.70. The van der Waals surface area contributed by atoms with Crippen LogP contribution in [0.15, 0.2) is 59.2 Å². The average Bonchev–Trinajstić information content (AvgIpc) is 2.84. The number of halogens is 2. The fourth-order valence-electron chi connectivity index (χ4n) is 2.07. The number of hydrogen-bond acceptors (Lipinski definition) is 1. The minimum absolute atomic E-state index is 0.00176. The summed E-state index contributed by atoms with van der Waals surface area (Å²) in [5, 5.41) is 1.04. The molecule has 0 atom stereocenters. The van der Waals surface area contributed by atoms with Crippen LogP contribution in [-0.4, -0.2) is 10.5 Å². The van der Waals surface area contributed by atoms with Crippen LogP contribution in [0.25, 0.3) is 10.9 Å². The van der Waals surface area contributed by atoms with Crippen LogP contribution < -0.4 is 0 Å². The van der Waals surface area contributed by atoms with Gasteiger partial charge in [0, 0.05) is 19.6 Å². The van der Waals surface area contributed by atoms with Crippen molar-refractivity contribution in [2.45, 2.75) is 0 Å². The van der Waals surface area contributed by atoms with Crippen LogP contribution in [0.5, 0.6) is 0 Å². The van der Waals surface area contributed by atoms with Crippen LogP contribution in [0.2, 0.25) is 0 Å². The summed E-state index contributed by atoms with van der Waals surface area (Å²) >= 11 is 5.69. The predicted molar refractivity (Wildman–Crippen MR) is 88.5 cm³/mol. The van der Waals surface area contributed by atoms with Crippen molar-refractivity contribution < 1.29 is 4.79 Å². The number of rotatable bonds is 1. The van der Waals surface area contributed by atoms with E-state index in [0.717, 1.165) is 24.5 Å². The maximum Gasteiger partial charge on any atom is 0.263 e. The van der Waals surface area contributed by atoms with Gasteiger partial charge in [0.15, 0.2) is 0 Å². The molecule has 0 aliphatic heterocycles. The van der Waals surface area contributed by atoms with Crippen molar-refractivity contribution in [3.05, 3.63) is 68.3 Å². The lowest BCUT2D eigenvalue weighted by Crippen LogP contribution is -2.12. The van der Waals surface area contributed by atoms with E-state index in [4.69, 9.17) is 0 Å². The number of carbonyl (C=O) groups is 1. The van der Waals surface area contributed by atoms with Crippen molar-refractivity contribution >= 4 is 55.3 Å². The van der Waals surface area contributed by atoms with Crippen molar-refractivity contribution in [2.24, 2.45) is 0 Å². The Morgan fingerprint density at radius 2 is 1.84 bits per heavy atom. The number of fused-ring (bicyclic) bond motifs is 1. The highest BCUT2D eigenvalue weighted by atomic mass is 127. The first-order valence-electron chi connectivity index (χ1n) is 5.73. The van der Waals surface area contributed by atoms with Gasteiger partial charge in [-0.1, -0.05) is 34.1 Å². The Kier molecular flexibility index (Phi) is 3.45. The molecule has 0 unspecified atom stereocenters. The molecule has 0 N–H and O–H groups in total. The second-order valence-electron chi connectivity index (χ2n) is 4.14. The summed E-state index contributed by atoms with van der Waals surface area (Å²) in [6, 6.07) is 15.4. The molecule has 94 valence electrons. The molecule has 0 bridgehead atoms. The number of carbonyl (C=O) groups excluding carboxylic acids is 1. The highest BCUT2D eigenvalue weighted by Gasteiger charge is 2.14. The first-order chi connectivity index (χ1) is 9.18. The first kappa shape index (κ1) is 12.9. The van der Waals surface area contributed by atoms with Gasteiger partial charge in [-0.05, 0) is 52.9 Å². The summed E-state index contributed by atoms with van der Waals surface area (Å²) in [5.74, 6) is -0.00176. The number of benzene rings is 2. The monoisotopic (exact) mass is 425 g/mol. The zero-order valence-electron chi connectivity index (χ0n) is 9.81. The van der Waals surface area contributed by atoms with Crippen molar-refractivity contribution in [2.75, 3.05) is 0 Å². The summed E-state index contributed by atoms with van der Waals surface area (Å²) in [7, 11) is 0. The van der Waals surface area contributed by atoms with Gasteiger partial charge >= 0.3 is 0 Å². The Labute approximate surface area is 132 Å². The second-order valence-corrected chi connectivity index (χ2v) is 6.16. The van der Waals surface area contributed by atoms with Crippen LogP contribution in [0.1, 0.15) is 10.4 Å². The molecule has 0 fully saturated rings. The zero-order chi connectivity index (χ0) is 13.4. The summed E-state index contributed by atoms with van der Waals surface area (Å²) < 4.78 is 3.65. The lowest BCUT2D eigenvalue weighted by molar-refractivity contribution is 0.0964. The summed E-state index contributed by atoms with van der Waals surface area (Å²) in [5.41, 5.74) is 1.64. The topological polar surface area (TPSA) is 22.0 Å². The molecule has 2 aromatic carbocycles. The standard InChI is InChI=1S/C15H9BrINO/c16-12-5-3-7-14-10(12)8-9-18(14)15(19)11-4-1-2-6-13(11)17/h1-9H. The maximum absolute atomic E-state index is 12.6. The normalized spacial score (nSPS) is 10.8. The SMILES string of the molecule is O=C(c1ccccc1I)n1ccc2c(Br)cccc21. The quantitative estimate of drug-likeness (QED) is 0.518. The van der Waals surface area contributed by atoms with Gasteiger partial charge in [0.1, 0.15) is 0 Å². The largest absolute Gasteiger partial charge is 0.283 e. The lowest BCUT2D eigenvalue weighted by atomic mass is 10.2. The second kappa shape index (κ2) is 5.09. The van der Waals surface area contributed by atoms with Crippen LogP contribution in [-0.2, 0) is 0 Å². The number of nitrogens with zero attached hydrogens (tertiary/aromatic N) is 1. The Morgan fingerprint density at radius 3 is 2.63 bits per heavy atom. The molecular weight excluding hydrogens is 417 g/mol. The Hall–Kier alpha value is -1.14. The fraction of sp³-hybridized carbons (Fsp3) is 0. The molecule has 1 heterocycles. The van der Waals surface area contributed by atoms with E-state index in [1.54, 1.807) is 4.57 Å². The third-order valence-corrected chi connectivity index (χ3v) is 4.63. The molecule has 0 aliphatic rings. The molecule has 19 heavy (non-hydrogen) atoms. The van der Waals surface area contributed by atoms with Gasteiger partial charge in [0.2, 0.25) is 0 Å². The highest BCUT2D eigenvalue weighted by molar-refractivity contribution is 14.1. The van der Waals surface area contributed by atoms with Crippen molar-refractivity contribution in [3.8, 4) is 0 Å². The first-order valence-corrected chi connectivity index (χ1v) is 7.60. The van der Waals surface area contributed by atoms with E-state index in [9.17, 15) is 4.79 Å². The van der Waals surface area contributed by atoms with Crippen LogP contribution >= 0.6 is 38.5 Å². The summed E-state index contributed by atoms with van der Waals surface area (Å²) in [6.45, 7) is 0. The highest BCUT2D eigenvalue weighted by Crippen LogP contribution is 2.25. The van der Waals surface area contributed by atoms with Crippen LogP contribution in [0.3, 0.4) is 0 Å². The lowest BCUT2D eigenvalue weighted by Gasteiger charge is -2.06. The molecule has 0 amide bonds. The van der Waals surface area contributed by atoms with Crippen LogP contribution in [0.4, 0.5) is 0 Å². The van der Waals surface area contributed by atoms with Gasteiger partial charge < -0.3 is 0 Å². The molecule has 3 aromatic rings. The number of hydrogen-bond donors (Lipinski definition) is 0. The van der Waals surface area contributed by atoms with Crippen molar-refractivity contribution in [3.63, 3.8) is 0 Å². The van der Waals surface area contributed by atoms with E-state index in [0.29, 0.717) is 0 Å². The van der Waals surface area contributed by atoms with Gasteiger partial charge in [0.05, 0.1) is 11.1 Å². The molecule has 0 saturated heterocycles. The third-order valence-electron chi connectivity index (χ3n) is 3.00. The van der Waals surface area contributed by atoms with Gasteiger partial charge in [0.25, 0.3) is 5.91 Å². The van der Waals surface area contributed by atoms with Crippen molar-refractivity contribution in [1.29, 1.82) is 0 Å². The van der Waals surface area contributed by atoms with Gasteiger partial charge in [-0.3, -0.25) is 9.36 Å². The van der Waals surface area contributed by atoms with Gasteiger partial charge in [-0.2, -0.15) is 0 Å². The van der Waals surface area contributed by atoms with E-state index in [2.05, 4.69) is 38.5 Å². The molecule has 1 aromatic heterocycles. The molecule has 0 saturated carbocycles. The van der Waals surface area contributed by atoms with Crippen molar-refractivity contribution in [1.82, 2.24) is 4.57 Å². The van der Waals surface area contributed by atoms with E-state index in [1.165, 1.54) is 0 Å².